The van der Waals surface area contributed by atoms with Crippen LogP contribution in [0.25, 0.3) is 11.3 Å². The highest BCUT2D eigenvalue weighted by Crippen LogP contribution is 2.31. The minimum atomic E-state index is 0.634. The number of pyridine rings is 1. The topological polar surface area (TPSA) is 34.0 Å². The van der Waals surface area contributed by atoms with E-state index in [1.165, 1.54) is 11.1 Å². The largest absolute Gasteiger partial charge is 0.366 e. The number of nitrogens with zero attached hydrogens (tertiary/aromatic N) is 4. The van der Waals surface area contributed by atoms with E-state index in [2.05, 4.69) is 33.2 Å². The zero-order chi connectivity index (χ0) is 16.7. The van der Waals surface area contributed by atoms with Gasteiger partial charge < -0.3 is 4.90 Å². The third-order valence-electron chi connectivity index (χ3n) is 4.44. The lowest BCUT2D eigenvalue weighted by molar-refractivity contribution is 0.730. The average Bonchev–Trinajstić information content (AvgIpc) is 2.93. The van der Waals surface area contributed by atoms with Crippen LogP contribution in [0.2, 0.25) is 10.0 Å². The number of hydrogen-bond donors (Lipinski definition) is 0. The highest BCUT2D eigenvalue weighted by molar-refractivity contribution is 6.33. The molecule has 2 aromatic heterocycles. The van der Waals surface area contributed by atoms with Crippen molar-refractivity contribution in [2.24, 2.45) is 7.05 Å². The molecular formula is C18H16Cl2N4. The third kappa shape index (κ3) is 2.76. The molecule has 1 aliphatic rings. The summed E-state index contributed by atoms with van der Waals surface area (Å²) in [5.41, 5.74) is 5.59. The lowest BCUT2D eigenvalue weighted by Crippen LogP contribution is -2.30. The maximum Gasteiger partial charge on any atom is 0.0881 e. The van der Waals surface area contributed by atoms with Crippen LogP contribution in [0.4, 0.5) is 5.69 Å². The molecule has 4 nitrogen and oxygen atoms in total. The first-order chi connectivity index (χ1) is 11.6. The van der Waals surface area contributed by atoms with E-state index in [1.54, 1.807) is 10.9 Å². The second-order valence-electron chi connectivity index (χ2n) is 5.98. The summed E-state index contributed by atoms with van der Waals surface area (Å²) in [6.07, 6.45) is 6.36. The van der Waals surface area contributed by atoms with Crippen LogP contribution in [0.15, 0.2) is 42.9 Å². The molecule has 0 aliphatic carbocycles. The Morgan fingerprint density at radius 2 is 1.92 bits per heavy atom. The van der Waals surface area contributed by atoms with Gasteiger partial charge in [-0.05, 0) is 35.7 Å². The van der Waals surface area contributed by atoms with Crippen LogP contribution in [0, 0.1) is 0 Å². The van der Waals surface area contributed by atoms with E-state index >= 15 is 0 Å². The molecule has 0 spiro atoms. The Morgan fingerprint density at radius 1 is 1.04 bits per heavy atom. The second kappa shape index (κ2) is 6.11. The molecule has 0 amide bonds. The summed E-state index contributed by atoms with van der Waals surface area (Å²) in [7, 11) is 1.88. The van der Waals surface area contributed by atoms with Gasteiger partial charge in [0.2, 0.25) is 0 Å². The molecule has 0 saturated heterocycles. The van der Waals surface area contributed by atoms with Gasteiger partial charge >= 0.3 is 0 Å². The number of halogens is 2. The normalized spacial score (nSPS) is 13.9. The van der Waals surface area contributed by atoms with E-state index in [4.69, 9.17) is 23.2 Å². The van der Waals surface area contributed by atoms with E-state index < -0.39 is 0 Å². The van der Waals surface area contributed by atoms with Crippen LogP contribution in [0.3, 0.4) is 0 Å². The van der Waals surface area contributed by atoms with Gasteiger partial charge in [-0.2, -0.15) is 5.10 Å². The summed E-state index contributed by atoms with van der Waals surface area (Å²) in [5.74, 6) is 0. The fourth-order valence-corrected chi connectivity index (χ4v) is 3.68. The molecule has 3 heterocycles. The Bertz CT molecular complexity index is 884. The summed E-state index contributed by atoms with van der Waals surface area (Å²) in [5, 5.41) is 5.64. The predicted octanol–water partition coefficient (Wildman–Crippen LogP) is 4.35. The number of aryl methyl sites for hydroxylation is 1. The Hall–Kier alpha value is -2.04. The molecule has 1 aliphatic heterocycles. The van der Waals surface area contributed by atoms with E-state index in [9.17, 15) is 0 Å². The minimum Gasteiger partial charge on any atom is -0.366 e. The summed E-state index contributed by atoms with van der Waals surface area (Å²) in [4.78, 5) is 6.74. The van der Waals surface area contributed by atoms with E-state index in [0.29, 0.717) is 5.02 Å². The van der Waals surface area contributed by atoms with Gasteiger partial charge in [-0.15, -0.1) is 0 Å². The monoisotopic (exact) mass is 358 g/mol. The molecule has 4 rings (SSSR count). The summed E-state index contributed by atoms with van der Waals surface area (Å²) in [6, 6.07) is 8.25. The van der Waals surface area contributed by atoms with Crippen LogP contribution in [0.1, 0.15) is 11.1 Å². The first kappa shape index (κ1) is 15.5. The maximum atomic E-state index is 6.26. The third-order valence-corrected chi connectivity index (χ3v) is 4.95. The molecule has 3 aromatic rings. The Balaban J connectivity index is 1.66. The van der Waals surface area contributed by atoms with E-state index in [-0.39, 0.29) is 0 Å². The molecule has 6 heteroatoms. The number of aromatic nitrogens is 3. The molecule has 1 aromatic carbocycles. The van der Waals surface area contributed by atoms with Crippen molar-refractivity contribution < 1.29 is 0 Å². The number of rotatable bonds is 2. The molecule has 24 heavy (non-hydrogen) atoms. The summed E-state index contributed by atoms with van der Waals surface area (Å²) >= 11 is 12.4. The number of fused-ring (bicyclic) bond motifs is 1. The summed E-state index contributed by atoms with van der Waals surface area (Å²) in [6.45, 7) is 1.80. The number of anilines is 1. The van der Waals surface area contributed by atoms with Crippen LogP contribution in [-0.2, 0) is 20.0 Å². The quantitative estimate of drug-likeness (QED) is 0.682. The van der Waals surface area contributed by atoms with Crippen LogP contribution in [0.5, 0.6) is 0 Å². The van der Waals surface area contributed by atoms with E-state index in [0.717, 1.165) is 41.5 Å². The molecule has 0 bridgehead atoms. The maximum absolute atomic E-state index is 6.26. The van der Waals surface area contributed by atoms with Crippen LogP contribution >= 0.6 is 23.2 Å². The number of benzene rings is 1. The van der Waals surface area contributed by atoms with Crippen molar-refractivity contribution in [3.8, 4) is 11.3 Å². The van der Waals surface area contributed by atoms with Gasteiger partial charge in [-0.3, -0.25) is 9.67 Å². The number of hydrogen-bond acceptors (Lipinski definition) is 3. The molecule has 0 saturated carbocycles. The fraction of sp³-hybridized carbons (Fsp3) is 0.222. The zero-order valence-corrected chi connectivity index (χ0v) is 14.7. The molecular weight excluding hydrogens is 343 g/mol. The predicted molar refractivity (Wildman–Crippen MR) is 97.7 cm³/mol. The van der Waals surface area contributed by atoms with Crippen molar-refractivity contribution in [1.82, 2.24) is 14.8 Å². The minimum absolute atomic E-state index is 0.634. The highest BCUT2D eigenvalue weighted by Gasteiger charge is 2.18. The molecule has 0 unspecified atom stereocenters. The fourth-order valence-electron chi connectivity index (χ4n) is 3.21. The average molecular weight is 359 g/mol. The summed E-state index contributed by atoms with van der Waals surface area (Å²) < 4.78 is 1.77. The van der Waals surface area contributed by atoms with Gasteiger partial charge in [0, 0.05) is 36.9 Å². The lowest BCUT2D eigenvalue weighted by Gasteiger charge is -2.30. The van der Waals surface area contributed by atoms with Gasteiger partial charge in [-0.1, -0.05) is 29.3 Å². The second-order valence-corrected chi connectivity index (χ2v) is 6.82. The van der Waals surface area contributed by atoms with Gasteiger partial charge in [-0.25, -0.2) is 0 Å². The van der Waals surface area contributed by atoms with Gasteiger partial charge in [0.1, 0.15) is 0 Å². The molecule has 0 radical (unpaired) electrons. The standard InChI is InChI=1S/C18H16Cl2N4/c1-23-18(17(20)10-22-23)14-7-16(9-21-8-14)24-5-4-12-6-15(19)3-2-13(12)11-24/h2-3,6-10H,4-5,11H2,1H3. The zero-order valence-electron chi connectivity index (χ0n) is 13.2. The first-order valence-corrected chi connectivity index (χ1v) is 8.52. The Morgan fingerprint density at radius 3 is 2.71 bits per heavy atom. The molecule has 0 fully saturated rings. The molecule has 0 atom stereocenters. The van der Waals surface area contributed by atoms with Crippen molar-refractivity contribution in [3.05, 3.63) is 64.0 Å². The molecule has 0 N–H and O–H groups in total. The van der Waals surface area contributed by atoms with Crippen molar-refractivity contribution in [2.45, 2.75) is 13.0 Å². The van der Waals surface area contributed by atoms with Crippen molar-refractivity contribution in [3.63, 3.8) is 0 Å². The Labute approximate surface area is 150 Å². The SMILES string of the molecule is Cn1ncc(Cl)c1-c1cncc(N2CCc3cc(Cl)ccc3C2)c1. The van der Waals surface area contributed by atoms with E-state index in [1.807, 2.05) is 25.5 Å². The van der Waals surface area contributed by atoms with Crippen molar-refractivity contribution in [2.75, 3.05) is 11.4 Å². The van der Waals surface area contributed by atoms with Crippen LogP contribution in [-0.4, -0.2) is 21.3 Å². The van der Waals surface area contributed by atoms with Crippen molar-refractivity contribution in [1.29, 1.82) is 0 Å². The van der Waals surface area contributed by atoms with Gasteiger partial charge in [0.25, 0.3) is 0 Å². The smallest absolute Gasteiger partial charge is 0.0881 e. The Kier molecular flexibility index (Phi) is 3.94. The molecule has 122 valence electrons. The highest BCUT2D eigenvalue weighted by atomic mass is 35.5. The van der Waals surface area contributed by atoms with Crippen LogP contribution < -0.4 is 4.90 Å². The van der Waals surface area contributed by atoms with Gasteiger partial charge in [0.05, 0.1) is 28.8 Å². The first-order valence-electron chi connectivity index (χ1n) is 7.77. The lowest BCUT2D eigenvalue weighted by atomic mass is 9.99. The van der Waals surface area contributed by atoms with Gasteiger partial charge in [0.15, 0.2) is 0 Å². The van der Waals surface area contributed by atoms with Crippen molar-refractivity contribution >= 4 is 28.9 Å².